The van der Waals surface area contributed by atoms with Gasteiger partial charge < -0.3 is 15.2 Å². The molecular weight excluding hydrogens is 440 g/mol. The van der Waals surface area contributed by atoms with E-state index in [9.17, 15) is 27.1 Å². The predicted molar refractivity (Wildman–Crippen MR) is 93.1 cm³/mol. The zero-order valence-electron chi connectivity index (χ0n) is 13.2. The van der Waals surface area contributed by atoms with Crippen molar-refractivity contribution < 1.29 is 31.8 Å². The third-order valence-electron chi connectivity index (χ3n) is 3.27. The summed E-state index contributed by atoms with van der Waals surface area (Å²) >= 11 is 17.2. The van der Waals surface area contributed by atoms with Crippen molar-refractivity contribution in [3.8, 4) is 11.5 Å². The highest BCUT2D eigenvalue weighted by Gasteiger charge is 2.33. The first-order valence-corrected chi connectivity index (χ1v) is 8.53. The molecule has 2 N–H and O–H groups in total. The normalized spacial score (nSPS) is 12.8. The molecule has 3 nitrogen and oxygen atoms in total. The topological polar surface area (TPSA) is 41.5 Å². The SMILES string of the molecule is OC(CCl)CNc1cc(Cl)c(Cl)cc1Oc1c(F)cc(C(F)(F)F)cc1F. The Kier molecular flexibility index (Phi) is 7.02. The maximum Gasteiger partial charge on any atom is 0.416 e. The molecule has 1 atom stereocenters. The van der Waals surface area contributed by atoms with Crippen LogP contribution in [0.4, 0.5) is 27.6 Å². The van der Waals surface area contributed by atoms with E-state index in [4.69, 9.17) is 39.5 Å². The Morgan fingerprint density at radius 2 is 1.59 bits per heavy atom. The van der Waals surface area contributed by atoms with Crippen LogP contribution in [0.1, 0.15) is 5.56 Å². The zero-order valence-corrected chi connectivity index (χ0v) is 15.4. The highest BCUT2D eigenvalue weighted by molar-refractivity contribution is 6.42. The molecule has 2 rings (SSSR count). The second-order valence-electron chi connectivity index (χ2n) is 5.32. The molecule has 2 aromatic carbocycles. The first-order chi connectivity index (χ1) is 12.5. The van der Waals surface area contributed by atoms with Gasteiger partial charge in [-0.1, -0.05) is 23.2 Å². The largest absolute Gasteiger partial charge is 0.449 e. The molecule has 11 heteroatoms. The van der Waals surface area contributed by atoms with E-state index in [2.05, 4.69) is 5.32 Å². The van der Waals surface area contributed by atoms with E-state index in [1.54, 1.807) is 0 Å². The molecule has 148 valence electrons. The minimum Gasteiger partial charge on any atom is -0.449 e. The number of aliphatic hydroxyl groups excluding tert-OH is 1. The van der Waals surface area contributed by atoms with E-state index >= 15 is 0 Å². The lowest BCUT2D eigenvalue weighted by atomic mass is 10.2. The molecule has 0 amide bonds. The average molecular weight is 451 g/mol. The Balaban J connectivity index is 2.40. The fraction of sp³-hybridized carbons (Fsp3) is 0.250. The number of nitrogens with one attached hydrogen (secondary N) is 1. The molecular formula is C16H11Cl3F5NO2. The Hall–Kier alpha value is -1.48. The van der Waals surface area contributed by atoms with Crippen molar-refractivity contribution in [2.45, 2.75) is 12.3 Å². The molecule has 0 aromatic heterocycles. The van der Waals surface area contributed by atoms with Gasteiger partial charge in [-0.15, -0.1) is 11.6 Å². The van der Waals surface area contributed by atoms with E-state index in [0.717, 1.165) is 6.07 Å². The summed E-state index contributed by atoms with van der Waals surface area (Å²) in [6.07, 6.45) is -5.87. The average Bonchev–Trinajstić information content (AvgIpc) is 2.58. The van der Waals surface area contributed by atoms with Gasteiger partial charge in [0, 0.05) is 12.6 Å². The van der Waals surface area contributed by atoms with E-state index in [1.165, 1.54) is 6.07 Å². The van der Waals surface area contributed by atoms with Gasteiger partial charge in [0.1, 0.15) is 0 Å². The molecule has 27 heavy (non-hydrogen) atoms. The summed E-state index contributed by atoms with van der Waals surface area (Å²) in [7, 11) is 0. The fourth-order valence-corrected chi connectivity index (χ4v) is 2.39. The van der Waals surface area contributed by atoms with Crippen LogP contribution in [0.3, 0.4) is 0 Å². The van der Waals surface area contributed by atoms with E-state index in [0.29, 0.717) is 0 Å². The van der Waals surface area contributed by atoms with Crippen LogP contribution in [-0.4, -0.2) is 23.6 Å². The number of benzene rings is 2. The lowest BCUT2D eigenvalue weighted by Gasteiger charge is -2.17. The molecule has 2 aromatic rings. The summed E-state index contributed by atoms with van der Waals surface area (Å²) in [6, 6.07) is 2.61. The minimum absolute atomic E-state index is 0.0252. The monoisotopic (exact) mass is 449 g/mol. The van der Waals surface area contributed by atoms with Crippen molar-refractivity contribution in [3.05, 3.63) is 51.5 Å². The van der Waals surface area contributed by atoms with Crippen LogP contribution < -0.4 is 10.1 Å². The first kappa shape index (κ1) is 21.8. The van der Waals surface area contributed by atoms with E-state index in [-0.39, 0.29) is 46.0 Å². The molecule has 0 aliphatic rings. The van der Waals surface area contributed by atoms with Crippen LogP contribution in [0, 0.1) is 11.6 Å². The molecule has 0 spiro atoms. The van der Waals surface area contributed by atoms with E-state index in [1.807, 2.05) is 0 Å². The van der Waals surface area contributed by atoms with Crippen LogP contribution in [-0.2, 0) is 6.18 Å². The lowest BCUT2D eigenvalue weighted by Crippen LogP contribution is -2.21. The Morgan fingerprint density at radius 1 is 1.04 bits per heavy atom. The van der Waals surface area contributed by atoms with Gasteiger partial charge in [0.05, 0.1) is 33.3 Å². The number of hydrogen-bond acceptors (Lipinski definition) is 3. The summed E-state index contributed by atoms with van der Waals surface area (Å²) < 4.78 is 71.0. The molecule has 0 saturated carbocycles. The number of halogens is 8. The van der Waals surface area contributed by atoms with Crippen molar-refractivity contribution in [2.24, 2.45) is 0 Å². The first-order valence-electron chi connectivity index (χ1n) is 7.24. The van der Waals surface area contributed by atoms with Gasteiger partial charge in [0.2, 0.25) is 0 Å². The highest BCUT2D eigenvalue weighted by atomic mass is 35.5. The van der Waals surface area contributed by atoms with Crippen LogP contribution in [0.5, 0.6) is 11.5 Å². The fourth-order valence-electron chi connectivity index (χ4n) is 1.96. The quantitative estimate of drug-likeness (QED) is 0.413. The van der Waals surface area contributed by atoms with Gasteiger partial charge in [0.25, 0.3) is 0 Å². The Labute approximate surface area is 165 Å². The Morgan fingerprint density at radius 3 is 2.11 bits per heavy atom. The Bertz CT molecular complexity index is 809. The van der Waals surface area contributed by atoms with Gasteiger partial charge in [-0.2, -0.15) is 13.2 Å². The van der Waals surface area contributed by atoms with Crippen LogP contribution in [0.15, 0.2) is 24.3 Å². The second kappa shape index (κ2) is 8.68. The van der Waals surface area contributed by atoms with Crippen molar-refractivity contribution >= 4 is 40.5 Å². The predicted octanol–water partition coefficient (Wildman–Crippen LogP) is 6.09. The maximum absolute atomic E-state index is 14.0. The number of aliphatic hydroxyl groups is 1. The molecule has 1 unspecified atom stereocenters. The standard InChI is InChI=1S/C16H11Cl3F5NO2/c17-5-8(26)6-25-13-3-9(18)10(19)4-14(13)27-15-11(20)1-7(2-12(15)21)16(22,23)24/h1-4,8,25-26H,5-6H2. The zero-order chi connectivity index (χ0) is 20.4. The molecule has 0 bridgehead atoms. The van der Waals surface area contributed by atoms with Gasteiger partial charge in [-0.25, -0.2) is 8.78 Å². The van der Waals surface area contributed by atoms with Crippen LogP contribution in [0.2, 0.25) is 10.0 Å². The number of anilines is 1. The molecule has 0 radical (unpaired) electrons. The summed E-state index contributed by atoms with van der Waals surface area (Å²) in [5.41, 5.74) is -1.41. The molecule has 0 heterocycles. The summed E-state index contributed by atoms with van der Waals surface area (Å²) in [4.78, 5) is 0. The number of rotatable bonds is 6. The maximum atomic E-state index is 14.0. The van der Waals surface area contributed by atoms with Crippen molar-refractivity contribution in [1.82, 2.24) is 0 Å². The van der Waals surface area contributed by atoms with E-state index < -0.39 is 35.2 Å². The summed E-state index contributed by atoms with van der Waals surface area (Å²) in [5, 5.41) is 12.2. The smallest absolute Gasteiger partial charge is 0.416 e. The number of hydrogen-bond donors (Lipinski definition) is 2. The van der Waals surface area contributed by atoms with Crippen LogP contribution >= 0.6 is 34.8 Å². The molecule has 0 aliphatic heterocycles. The van der Waals surface area contributed by atoms with Gasteiger partial charge in [-0.3, -0.25) is 0 Å². The summed E-state index contributed by atoms with van der Waals surface area (Å²) in [5.74, 6) is -4.47. The molecule has 0 saturated heterocycles. The van der Waals surface area contributed by atoms with Crippen LogP contribution in [0.25, 0.3) is 0 Å². The van der Waals surface area contributed by atoms with Crippen molar-refractivity contribution in [1.29, 1.82) is 0 Å². The van der Waals surface area contributed by atoms with Crippen molar-refractivity contribution in [3.63, 3.8) is 0 Å². The minimum atomic E-state index is -4.92. The van der Waals surface area contributed by atoms with Gasteiger partial charge in [0.15, 0.2) is 23.1 Å². The molecule has 0 fully saturated rings. The van der Waals surface area contributed by atoms with Gasteiger partial charge in [-0.05, 0) is 18.2 Å². The lowest BCUT2D eigenvalue weighted by molar-refractivity contribution is -0.138. The number of alkyl halides is 4. The molecule has 0 aliphatic carbocycles. The van der Waals surface area contributed by atoms with Gasteiger partial charge >= 0.3 is 6.18 Å². The highest BCUT2D eigenvalue weighted by Crippen LogP contribution is 2.40. The van der Waals surface area contributed by atoms with Crippen molar-refractivity contribution in [2.75, 3.05) is 17.7 Å². The second-order valence-corrected chi connectivity index (χ2v) is 6.44. The third-order valence-corrected chi connectivity index (χ3v) is 4.34. The number of ether oxygens (including phenoxy) is 1. The summed E-state index contributed by atoms with van der Waals surface area (Å²) in [6.45, 7) is -0.0597. The third kappa shape index (κ3) is 5.51.